The second kappa shape index (κ2) is 7.89. The molecule has 1 aromatic carbocycles. The van der Waals surface area contributed by atoms with Crippen LogP contribution in [0.1, 0.15) is 30.7 Å². The fraction of sp³-hybridized carbons (Fsp3) is 0.300. The maximum atomic E-state index is 12.6. The zero-order valence-electron chi connectivity index (χ0n) is 14.9. The number of ketones is 1. The van der Waals surface area contributed by atoms with Crippen LogP contribution in [0, 0.1) is 11.3 Å². The molecule has 1 aromatic rings. The van der Waals surface area contributed by atoms with Crippen molar-refractivity contribution in [3.05, 3.63) is 57.6 Å². The molecule has 0 fully saturated rings. The van der Waals surface area contributed by atoms with Gasteiger partial charge in [-0.15, -0.1) is 0 Å². The number of benzene rings is 1. The van der Waals surface area contributed by atoms with Crippen molar-refractivity contribution in [1.82, 2.24) is 0 Å². The summed E-state index contributed by atoms with van der Waals surface area (Å²) >= 11 is 3.49. The highest BCUT2D eigenvalue weighted by molar-refractivity contribution is 9.10. The van der Waals surface area contributed by atoms with Crippen LogP contribution < -0.4 is 15.2 Å². The molecule has 0 radical (unpaired) electrons. The number of Topliss-reactive ketones (excluding diaryl/α,β-unsaturated/α-hetero) is 1. The first-order valence-corrected chi connectivity index (χ1v) is 9.26. The summed E-state index contributed by atoms with van der Waals surface area (Å²) in [5.74, 6) is 0.975. The van der Waals surface area contributed by atoms with Crippen molar-refractivity contribution in [2.75, 3.05) is 13.7 Å². The molecule has 1 atom stereocenters. The van der Waals surface area contributed by atoms with E-state index in [1.165, 1.54) is 7.11 Å². The molecule has 140 valence electrons. The summed E-state index contributed by atoms with van der Waals surface area (Å²) < 4.78 is 17.4. The molecule has 0 aromatic heterocycles. The highest BCUT2D eigenvalue weighted by atomic mass is 79.9. The van der Waals surface area contributed by atoms with Gasteiger partial charge in [0.2, 0.25) is 5.88 Å². The largest absolute Gasteiger partial charge is 0.493 e. The van der Waals surface area contributed by atoms with E-state index in [-0.39, 0.29) is 17.2 Å². The molecular weight excluding hydrogens is 412 g/mol. The Labute approximate surface area is 166 Å². The van der Waals surface area contributed by atoms with Crippen molar-refractivity contribution < 1.29 is 19.0 Å². The van der Waals surface area contributed by atoms with Gasteiger partial charge in [0.05, 0.1) is 17.5 Å². The van der Waals surface area contributed by atoms with Gasteiger partial charge in [0.15, 0.2) is 17.3 Å². The summed E-state index contributed by atoms with van der Waals surface area (Å²) in [6.07, 6.45) is 3.39. The molecule has 7 heteroatoms. The molecule has 0 saturated carbocycles. The molecular formula is C20H19BrN2O4. The molecule has 1 aliphatic heterocycles. The molecule has 0 bridgehead atoms. The number of nitriles is 1. The number of carbonyl (C=O) groups excluding carboxylic acids is 1. The molecule has 2 aliphatic rings. The summed E-state index contributed by atoms with van der Waals surface area (Å²) in [6, 6.07) is 5.68. The number of hydrogen-bond donors (Lipinski definition) is 1. The van der Waals surface area contributed by atoms with Gasteiger partial charge in [-0.2, -0.15) is 5.26 Å². The first-order chi connectivity index (χ1) is 13.0. The zero-order chi connectivity index (χ0) is 19.6. The maximum Gasteiger partial charge on any atom is 0.205 e. The van der Waals surface area contributed by atoms with E-state index in [1.807, 2.05) is 6.07 Å². The number of rotatable bonds is 5. The third kappa shape index (κ3) is 3.45. The minimum atomic E-state index is -0.592. The van der Waals surface area contributed by atoms with Crippen molar-refractivity contribution in [3.8, 4) is 17.6 Å². The Morgan fingerprint density at radius 3 is 2.93 bits per heavy atom. The predicted molar refractivity (Wildman–Crippen MR) is 103 cm³/mol. The predicted octanol–water partition coefficient (Wildman–Crippen LogP) is 3.84. The standard InChI is InChI=1S/C20H19BrN2O4/c1-3-7-26-19-13(21)8-11(9-16(19)25-2)17-12(10-22)20(23)27-15-6-4-5-14(24)18(15)17/h3,8-9,17H,1,4-7,23H2,2H3/t17-/m0/s1. The lowest BCUT2D eigenvalue weighted by molar-refractivity contribution is -0.116. The molecule has 27 heavy (non-hydrogen) atoms. The van der Waals surface area contributed by atoms with E-state index in [9.17, 15) is 10.1 Å². The summed E-state index contributed by atoms with van der Waals surface area (Å²) in [5, 5.41) is 9.66. The number of methoxy groups -OCH3 is 1. The van der Waals surface area contributed by atoms with Crippen molar-refractivity contribution in [2.24, 2.45) is 5.73 Å². The monoisotopic (exact) mass is 430 g/mol. The lowest BCUT2D eigenvalue weighted by atomic mass is 9.77. The average molecular weight is 431 g/mol. The second-order valence-corrected chi connectivity index (χ2v) is 7.03. The quantitative estimate of drug-likeness (QED) is 0.712. The van der Waals surface area contributed by atoms with Gasteiger partial charge in [-0.05, 0) is 40.0 Å². The topological polar surface area (TPSA) is 94.6 Å². The molecule has 6 nitrogen and oxygen atoms in total. The van der Waals surface area contributed by atoms with Gasteiger partial charge in [-0.1, -0.05) is 12.7 Å². The van der Waals surface area contributed by atoms with Gasteiger partial charge in [0.25, 0.3) is 0 Å². The van der Waals surface area contributed by atoms with Crippen LogP contribution in [-0.4, -0.2) is 19.5 Å². The fourth-order valence-corrected chi connectivity index (χ4v) is 3.95. The zero-order valence-corrected chi connectivity index (χ0v) is 16.5. The van der Waals surface area contributed by atoms with Crippen LogP contribution in [-0.2, 0) is 9.53 Å². The lowest BCUT2D eigenvalue weighted by Gasteiger charge is -2.31. The molecule has 0 saturated heterocycles. The first kappa shape index (κ1) is 19.1. The minimum absolute atomic E-state index is 0.0245. The Morgan fingerprint density at radius 2 is 2.26 bits per heavy atom. The Bertz CT molecular complexity index is 911. The number of ether oxygens (including phenoxy) is 3. The Hall–Kier alpha value is -2.72. The van der Waals surface area contributed by atoms with Gasteiger partial charge < -0.3 is 19.9 Å². The van der Waals surface area contributed by atoms with E-state index in [1.54, 1.807) is 12.1 Å². The third-order valence-electron chi connectivity index (χ3n) is 4.54. The summed E-state index contributed by atoms with van der Waals surface area (Å²) in [4.78, 5) is 12.6. The second-order valence-electron chi connectivity index (χ2n) is 6.17. The Balaban J connectivity index is 2.17. The molecule has 2 N–H and O–H groups in total. The van der Waals surface area contributed by atoms with E-state index in [0.717, 1.165) is 0 Å². The molecule has 0 spiro atoms. The summed E-state index contributed by atoms with van der Waals surface area (Å²) in [6.45, 7) is 3.96. The summed E-state index contributed by atoms with van der Waals surface area (Å²) in [7, 11) is 1.53. The number of halogens is 1. The molecule has 1 aliphatic carbocycles. The van der Waals surface area contributed by atoms with Crippen LogP contribution in [0.4, 0.5) is 0 Å². The normalized spacial score (nSPS) is 19.1. The average Bonchev–Trinajstić information content (AvgIpc) is 2.65. The highest BCUT2D eigenvalue weighted by Gasteiger charge is 2.38. The fourth-order valence-electron chi connectivity index (χ4n) is 3.38. The number of allylic oxidation sites excluding steroid dienone is 3. The van der Waals surface area contributed by atoms with E-state index in [2.05, 4.69) is 28.6 Å². The van der Waals surface area contributed by atoms with Gasteiger partial charge in [-0.3, -0.25) is 4.79 Å². The molecule has 0 amide bonds. The van der Waals surface area contributed by atoms with Crippen molar-refractivity contribution in [2.45, 2.75) is 25.2 Å². The Kier molecular flexibility index (Phi) is 5.57. The number of hydrogen-bond acceptors (Lipinski definition) is 6. The van der Waals surface area contributed by atoms with Crippen molar-refractivity contribution >= 4 is 21.7 Å². The number of carbonyl (C=O) groups is 1. The van der Waals surface area contributed by atoms with Gasteiger partial charge >= 0.3 is 0 Å². The molecule has 0 unspecified atom stereocenters. The first-order valence-electron chi connectivity index (χ1n) is 8.46. The van der Waals surface area contributed by atoms with Crippen LogP contribution in [0.25, 0.3) is 0 Å². The SMILES string of the molecule is C=CCOc1c(Br)cc([C@H]2C(C#N)=C(N)OC3=C2C(=O)CCC3)cc1OC. The van der Waals surface area contributed by atoms with E-state index in [0.29, 0.717) is 58.7 Å². The van der Waals surface area contributed by atoms with Crippen LogP contribution in [0.2, 0.25) is 0 Å². The number of nitrogens with zero attached hydrogens (tertiary/aromatic N) is 1. The van der Waals surface area contributed by atoms with Crippen LogP contribution >= 0.6 is 15.9 Å². The van der Waals surface area contributed by atoms with E-state index >= 15 is 0 Å². The molecule has 3 rings (SSSR count). The van der Waals surface area contributed by atoms with E-state index < -0.39 is 5.92 Å². The van der Waals surface area contributed by atoms with Gasteiger partial charge in [0, 0.05) is 18.4 Å². The third-order valence-corrected chi connectivity index (χ3v) is 5.12. The van der Waals surface area contributed by atoms with Crippen LogP contribution in [0.5, 0.6) is 11.5 Å². The van der Waals surface area contributed by atoms with Crippen molar-refractivity contribution in [3.63, 3.8) is 0 Å². The minimum Gasteiger partial charge on any atom is -0.493 e. The highest BCUT2D eigenvalue weighted by Crippen LogP contribution is 2.46. The lowest BCUT2D eigenvalue weighted by Crippen LogP contribution is -2.27. The van der Waals surface area contributed by atoms with E-state index in [4.69, 9.17) is 19.9 Å². The smallest absolute Gasteiger partial charge is 0.205 e. The number of nitrogens with two attached hydrogens (primary N) is 1. The summed E-state index contributed by atoms with van der Waals surface area (Å²) in [5.41, 5.74) is 7.41. The Morgan fingerprint density at radius 1 is 1.48 bits per heavy atom. The van der Waals surface area contributed by atoms with Crippen LogP contribution in [0.3, 0.4) is 0 Å². The van der Waals surface area contributed by atoms with Crippen molar-refractivity contribution in [1.29, 1.82) is 5.26 Å². The van der Waals surface area contributed by atoms with Crippen LogP contribution in [0.15, 0.2) is 52.0 Å². The van der Waals surface area contributed by atoms with Gasteiger partial charge in [0.1, 0.15) is 24.0 Å². The maximum absolute atomic E-state index is 12.6. The molecule has 1 heterocycles. The van der Waals surface area contributed by atoms with Gasteiger partial charge in [-0.25, -0.2) is 0 Å².